The first-order chi connectivity index (χ1) is 8.86. The summed E-state index contributed by atoms with van der Waals surface area (Å²) in [5.74, 6) is 0. The van der Waals surface area contributed by atoms with Gasteiger partial charge in [-0.1, -0.05) is 48.5 Å². The van der Waals surface area contributed by atoms with Gasteiger partial charge in [0.15, 0.2) is 0 Å². The van der Waals surface area contributed by atoms with Crippen molar-refractivity contribution in [2.45, 2.75) is 10.9 Å². The minimum absolute atomic E-state index is 0.185. The van der Waals surface area contributed by atoms with E-state index in [0.29, 0.717) is 0 Å². The third kappa shape index (κ3) is 2.93. The molecule has 0 saturated heterocycles. The Kier molecular flexibility index (Phi) is 4.81. The van der Waals surface area contributed by atoms with Crippen molar-refractivity contribution >= 4 is 12.0 Å². The van der Waals surface area contributed by atoms with E-state index in [0.717, 1.165) is 4.90 Å². The van der Waals surface area contributed by atoms with Crippen molar-refractivity contribution in [3.8, 4) is 0 Å². The molecule has 18 heavy (non-hydrogen) atoms. The van der Waals surface area contributed by atoms with Gasteiger partial charge in [0.2, 0.25) is 0 Å². The molecule has 2 rings (SSSR count). The van der Waals surface area contributed by atoms with E-state index in [2.05, 4.69) is 47.8 Å². The van der Waals surface area contributed by atoms with Crippen LogP contribution in [0.15, 0.2) is 59.5 Å². The first kappa shape index (κ1) is 13.1. The summed E-state index contributed by atoms with van der Waals surface area (Å²) in [7, 11) is 3.67. The highest BCUT2D eigenvalue weighted by atomic mass is 32.2. The zero-order chi connectivity index (χ0) is 12.8. The van der Waals surface area contributed by atoms with Gasteiger partial charge in [0.25, 0.3) is 0 Å². The molecule has 0 heterocycles. The summed E-state index contributed by atoms with van der Waals surface area (Å²) in [6, 6.07) is 18.9. The summed E-state index contributed by atoms with van der Waals surface area (Å²) in [6.45, 7) is 0. The average Bonchev–Trinajstić information content (AvgIpc) is 2.43. The second-order valence-corrected chi connectivity index (χ2v) is 4.86. The number of rotatable bonds is 5. The molecule has 1 unspecified atom stereocenters. The van der Waals surface area contributed by atoms with Crippen LogP contribution in [0.1, 0.15) is 17.2 Å². The highest BCUT2D eigenvalue weighted by Crippen LogP contribution is 2.31. The lowest BCUT2D eigenvalue weighted by molar-refractivity contribution is 0.488. The third-order valence-electron chi connectivity index (χ3n) is 2.82. The maximum Gasteiger partial charge on any atom is 0.0586 e. The maximum atomic E-state index is 5.19. The van der Waals surface area contributed by atoms with Gasteiger partial charge in [-0.3, -0.25) is 0 Å². The SMILES string of the molecule is CNC(c1ccccc1)c1ccccc1SOC. The summed E-state index contributed by atoms with van der Waals surface area (Å²) in [6.07, 6.45) is 0. The molecule has 2 nitrogen and oxygen atoms in total. The molecule has 0 saturated carbocycles. The van der Waals surface area contributed by atoms with E-state index in [-0.39, 0.29) is 6.04 Å². The van der Waals surface area contributed by atoms with Gasteiger partial charge in [0.1, 0.15) is 0 Å². The minimum atomic E-state index is 0.185. The zero-order valence-electron chi connectivity index (χ0n) is 10.6. The second kappa shape index (κ2) is 6.59. The fourth-order valence-electron chi connectivity index (χ4n) is 2.03. The maximum absolute atomic E-state index is 5.19. The predicted molar refractivity (Wildman–Crippen MR) is 76.7 cm³/mol. The van der Waals surface area contributed by atoms with E-state index in [4.69, 9.17) is 4.18 Å². The lowest BCUT2D eigenvalue weighted by Gasteiger charge is -2.19. The largest absolute Gasteiger partial charge is 0.314 e. The van der Waals surface area contributed by atoms with E-state index in [1.54, 1.807) is 7.11 Å². The Bertz CT molecular complexity index is 487. The van der Waals surface area contributed by atoms with Gasteiger partial charge in [-0.2, -0.15) is 0 Å². The van der Waals surface area contributed by atoms with Gasteiger partial charge in [-0.15, -0.1) is 0 Å². The van der Waals surface area contributed by atoms with Crippen molar-refractivity contribution in [1.82, 2.24) is 5.32 Å². The summed E-state index contributed by atoms with van der Waals surface area (Å²) in [5, 5.41) is 3.36. The standard InChI is InChI=1S/C15H17NOS/c1-16-15(12-8-4-3-5-9-12)13-10-6-7-11-14(13)18-17-2/h3-11,15-16H,1-2H3. The van der Waals surface area contributed by atoms with Gasteiger partial charge >= 0.3 is 0 Å². The lowest BCUT2D eigenvalue weighted by atomic mass is 9.99. The van der Waals surface area contributed by atoms with E-state index in [9.17, 15) is 0 Å². The predicted octanol–water partition coefficient (Wildman–Crippen LogP) is 3.65. The quantitative estimate of drug-likeness (QED) is 0.828. The normalized spacial score (nSPS) is 12.3. The number of hydrogen-bond donors (Lipinski definition) is 1. The number of nitrogens with one attached hydrogen (secondary N) is 1. The fourth-order valence-corrected chi connectivity index (χ4v) is 2.63. The van der Waals surface area contributed by atoms with E-state index >= 15 is 0 Å². The van der Waals surface area contributed by atoms with Gasteiger partial charge in [0, 0.05) is 16.9 Å². The zero-order valence-corrected chi connectivity index (χ0v) is 11.4. The van der Waals surface area contributed by atoms with Gasteiger partial charge in [0.05, 0.1) is 13.2 Å². The summed E-state index contributed by atoms with van der Waals surface area (Å²) in [4.78, 5) is 1.14. The molecule has 0 fully saturated rings. The molecule has 0 amide bonds. The molecule has 2 aromatic carbocycles. The lowest BCUT2D eigenvalue weighted by Crippen LogP contribution is -2.18. The summed E-state index contributed by atoms with van der Waals surface area (Å²) < 4.78 is 5.19. The van der Waals surface area contributed by atoms with Crippen molar-refractivity contribution in [1.29, 1.82) is 0 Å². The number of hydrogen-bond acceptors (Lipinski definition) is 3. The van der Waals surface area contributed by atoms with Crippen LogP contribution in [0.25, 0.3) is 0 Å². The summed E-state index contributed by atoms with van der Waals surface area (Å²) >= 11 is 1.40. The highest BCUT2D eigenvalue weighted by Gasteiger charge is 2.15. The van der Waals surface area contributed by atoms with Crippen LogP contribution < -0.4 is 5.32 Å². The second-order valence-electron chi connectivity index (χ2n) is 3.92. The molecular weight excluding hydrogens is 242 g/mol. The smallest absolute Gasteiger partial charge is 0.0586 e. The van der Waals surface area contributed by atoms with Crippen LogP contribution in [0.5, 0.6) is 0 Å². The van der Waals surface area contributed by atoms with Crippen LogP contribution in [-0.2, 0) is 4.18 Å². The van der Waals surface area contributed by atoms with Gasteiger partial charge in [-0.25, -0.2) is 0 Å². The Balaban J connectivity index is 2.39. The Labute approximate surface area is 113 Å². The topological polar surface area (TPSA) is 21.3 Å². The van der Waals surface area contributed by atoms with Gasteiger partial charge < -0.3 is 9.50 Å². The molecule has 0 aliphatic rings. The van der Waals surface area contributed by atoms with Crippen LogP contribution in [0.2, 0.25) is 0 Å². The monoisotopic (exact) mass is 259 g/mol. The minimum Gasteiger partial charge on any atom is -0.314 e. The molecule has 0 bridgehead atoms. The van der Waals surface area contributed by atoms with Crippen LogP contribution in [-0.4, -0.2) is 14.2 Å². The van der Waals surface area contributed by atoms with E-state index < -0.39 is 0 Å². The molecule has 94 valence electrons. The highest BCUT2D eigenvalue weighted by molar-refractivity contribution is 7.94. The Morgan fingerprint density at radius 2 is 1.67 bits per heavy atom. The molecule has 3 heteroatoms. The fraction of sp³-hybridized carbons (Fsp3) is 0.200. The van der Waals surface area contributed by atoms with E-state index in [1.807, 2.05) is 19.2 Å². The molecular formula is C15H17NOS. The molecule has 0 radical (unpaired) electrons. The first-order valence-corrected chi connectivity index (χ1v) is 6.62. The van der Waals surface area contributed by atoms with E-state index in [1.165, 1.54) is 23.2 Å². The molecule has 0 aliphatic heterocycles. The molecule has 1 atom stereocenters. The molecule has 1 N–H and O–H groups in total. The van der Waals surface area contributed by atoms with Crippen LogP contribution in [0.3, 0.4) is 0 Å². The van der Waals surface area contributed by atoms with Crippen molar-refractivity contribution in [2.75, 3.05) is 14.2 Å². The van der Waals surface area contributed by atoms with Crippen molar-refractivity contribution in [3.63, 3.8) is 0 Å². The summed E-state index contributed by atoms with van der Waals surface area (Å²) in [5.41, 5.74) is 2.49. The van der Waals surface area contributed by atoms with Gasteiger partial charge in [-0.05, 0) is 24.2 Å². The Hall–Kier alpha value is -1.29. The Morgan fingerprint density at radius 3 is 2.33 bits per heavy atom. The Morgan fingerprint density at radius 1 is 1.00 bits per heavy atom. The third-order valence-corrected chi connectivity index (χ3v) is 3.54. The van der Waals surface area contributed by atoms with Crippen LogP contribution in [0, 0.1) is 0 Å². The average molecular weight is 259 g/mol. The first-order valence-electron chi connectivity index (χ1n) is 5.88. The van der Waals surface area contributed by atoms with Crippen molar-refractivity contribution < 1.29 is 4.18 Å². The van der Waals surface area contributed by atoms with Crippen LogP contribution >= 0.6 is 12.0 Å². The number of benzene rings is 2. The van der Waals surface area contributed by atoms with Crippen molar-refractivity contribution in [2.24, 2.45) is 0 Å². The molecule has 0 spiro atoms. The molecule has 0 aliphatic carbocycles. The van der Waals surface area contributed by atoms with Crippen LogP contribution in [0.4, 0.5) is 0 Å². The molecule has 2 aromatic rings. The van der Waals surface area contributed by atoms with Crippen molar-refractivity contribution in [3.05, 3.63) is 65.7 Å². The molecule has 0 aromatic heterocycles.